The molecule has 0 fully saturated rings. The van der Waals surface area contributed by atoms with E-state index in [0.717, 1.165) is 0 Å². The Bertz CT molecular complexity index is 396. The first-order valence-electron chi connectivity index (χ1n) is 5.48. The minimum Gasteiger partial charge on any atom is -0.325 e. The molecule has 1 amide bonds. The van der Waals surface area contributed by atoms with E-state index in [4.69, 9.17) is 0 Å². The average molecular weight is 350 g/mol. The van der Waals surface area contributed by atoms with Gasteiger partial charge < -0.3 is 10.6 Å². The van der Waals surface area contributed by atoms with Gasteiger partial charge in [0.05, 0.1) is 9.26 Å². The van der Waals surface area contributed by atoms with Crippen molar-refractivity contribution in [2.45, 2.75) is 26.3 Å². The van der Waals surface area contributed by atoms with Crippen LogP contribution in [0, 0.1) is 9.39 Å². The highest BCUT2D eigenvalue weighted by Crippen LogP contribution is 2.20. The first-order chi connectivity index (χ1) is 8.00. The average Bonchev–Trinajstić information content (AvgIpc) is 2.24. The van der Waals surface area contributed by atoms with Crippen LogP contribution in [0.1, 0.15) is 20.3 Å². The van der Waals surface area contributed by atoms with Gasteiger partial charge >= 0.3 is 0 Å². The van der Waals surface area contributed by atoms with E-state index in [1.54, 1.807) is 12.1 Å². The van der Waals surface area contributed by atoms with Crippen molar-refractivity contribution in [3.05, 3.63) is 27.6 Å². The molecule has 94 valence electrons. The van der Waals surface area contributed by atoms with Crippen LogP contribution in [0.4, 0.5) is 10.1 Å². The van der Waals surface area contributed by atoms with Crippen LogP contribution < -0.4 is 10.6 Å². The van der Waals surface area contributed by atoms with Crippen LogP contribution in [0.15, 0.2) is 18.2 Å². The third-order valence-electron chi connectivity index (χ3n) is 2.13. The first kappa shape index (κ1) is 14.4. The summed E-state index contributed by atoms with van der Waals surface area (Å²) in [5, 5.41) is 5.85. The third-order valence-corrected chi connectivity index (χ3v) is 3.23. The second kappa shape index (κ2) is 6.90. The topological polar surface area (TPSA) is 41.1 Å². The zero-order valence-electron chi connectivity index (χ0n) is 9.89. The quantitative estimate of drug-likeness (QED) is 0.802. The fourth-order valence-electron chi connectivity index (χ4n) is 1.29. The van der Waals surface area contributed by atoms with Gasteiger partial charge in [0.15, 0.2) is 0 Å². The van der Waals surface area contributed by atoms with E-state index < -0.39 is 0 Å². The summed E-state index contributed by atoms with van der Waals surface area (Å²) in [4.78, 5) is 11.6. The second-order valence-corrected chi connectivity index (χ2v) is 5.09. The molecule has 1 aromatic rings. The van der Waals surface area contributed by atoms with E-state index in [2.05, 4.69) is 10.6 Å². The van der Waals surface area contributed by atoms with Crippen molar-refractivity contribution in [3.8, 4) is 0 Å². The number of carbonyl (C=O) groups excluding carboxylic acids is 1. The number of hydrogen-bond donors (Lipinski definition) is 2. The maximum atomic E-state index is 13.2. The molecular weight excluding hydrogens is 334 g/mol. The van der Waals surface area contributed by atoms with Gasteiger partial charge in [0, 0.05) is 19.0 Å². The number of amides is 1. The molecule has 0 unspecified atom stereocenters. The van der Waals surface area contributed by atoms with E-state index in [-0.39, 0.29) is 11.7 Å². The number of hydrogen-bond acceptors (Lipinski definition) is 2. The van der Waals surface area contributed by atoms with Crippen LogP contribution in [-0.2, 0) is 4.79 Å². The number of benzene rings is 1. The summed E-state index contributed by atoms with van der Waals surface area (Å²) >= 11 is 1.88. The molecule has 1 rings (SSSR count). The number of rotatable bonds is 5. The van der Waals surface area contributed by atoms with Crippen LogP contribution in [0.5, 0.6) is 0 Å². The summed E-state index contributed by atoms with van der Waals surface area (Å²) in [6, 6.07) is 5.01. The normalized spacial score (nSPS) is 10.6. The molecule has 0 saturated carbocycles. The number of nitrogens with one attached hydrogen (secondary N) is 2. The van der Waals surface area contributed by atoms with Crippen LogP contribution in [0.3, 0.4) is 0 Å². The molecule has 0 aliphatic heterocycles. The zero-order valence-corrected chi connectivity index (χ0v) is 12.0. The summed E-state index contributed by atoms with van der Waals surface area (Å²) in [6.45, 7) is 4.66. The molecule has 0 aliphatic rings. The van der Waals surface area contributed by atoms with Gasteiger partial charge in [0.25, 0.3) is 0 Å². The third kappa shape index (κ3) is 4.99. The molecule has 0 heterocycles. The molecular formula is C12H16FIN2O. The van der Waals surface area contributed by atoms with Crippen molar-refractivity contribution in [3.63, 3.8) is 0 Å². The fraction of sp³-hybridized carbons (Fsp3) is 0.417. The summed E-state index contributed by atoms with van der Waals surface area (Å²) < 4.78 is 13.7. The molecule has 0 saturated heterocycles. The van der Waals surface area contributed by atoms with Crippen molar-refractivity contribution in [1.29, 1.82) is 0 Å². The van der Waals surface area contributed by atoms with Gasteiger partial charge in [-0.15, -0.1) is 0 Å². The zero-order chi connectivity index (χ0) is 12.8. The molecule has 0 bridgehead atoms. The standard InChI is InChI=1S/C12H16FIN2O/c1-8(2)15-7-6-11(17)16-10-5-3-4-9(13)12(10)14/h3-5,8,15H,6-7H2,1-2H3,(H,16,17). The van der Waals surface area contributed by atoms with Gasteiger partial charge in [-0.1, -0.05) is 19.9 Å². The summed E-state index contributed by atoms with van der Waals surface area (Å²) in [5.74, 6) is -0.426. The van der Waals surface area contributed by atoms with Crippen molar-refractivity contribution in [1.82, 2.24) is 5.32 Å². The van der Waals surface area contributed by atoms with Crippen molar-refractivity contribution < 1.29 is 9.18 Å². The lowest BCUT2D eigenvalue weighted by molar-refractivity contribution is -0.116. The Kier molecular flexibility index (Phi) is 5.84. The van der Waals surface area contributed by atoms with Gasteiger partial charge in [-0.05, 0) is 34.7 Å². The second-order valence-electron chi connectivity index (χ2n) is 4.01. The molecule has 3 nitrogen and oxygen atoms in total. The van der Waals surface area contributed by atoms with Crippen molar-refractivity contribution in [2.24, 2.45) is 0 Å². The van der Waals surface area contributed by atoms with Crippen LogP contribution in [0.2, 0.25) is 0 Å². The van der Waals surface area contributed by atoms with Gasteiger partial charge in [-0.25, -0.2) is 4.39 Å². The summed E-state index contributed by atoms with van der Waals surface area (Å²) in [7, 11) is 0. The van der Waals surface area contributed by atoms with Crippen LogP contribution in [0.25, 0.3) is 0 Å². The highest BCUT2D eigenvalue weighted by molar-refractivity contribution is 14.1. The van der Waals surface area contributed by atoms with E-state index in [1.165, 1.54) is 6.07 Å². The Balaban J connectivity index is 2.48. The Morgan fingerprint density at radius 3 is 2.82 bits per heavy atom. The van der Waals surface area contributed by atoms with E-state index >= 15 is 0 Å². The lowest BCUT2D eigenvalue weighted by Gasteiger charge is -2.09. The predicted octanol–water partition coefficient (Wildman–Crippen LogP) is 2.76. The highest BCUT2D eigenvalue weighted by atomic mass is 127. The molecule has 0 aliphatic carbocycles. The minimum atomic E-state index is -0.316. The smallest absolute Gasteiger partial charge is 0.225 e. The van der Waals surface area contributed by atoms with Gasteiger partial charge in [-0.2, -0.15) is 0 Å². The van der Waals surface area contributed by atoms with Gasteiger partial charge in [-0.3, -0.25) is 4.79 Å². The first-order valence-corrected chi connectivity index (χ1v) is 6.56. The minimum absolute atomic E-state index is 0.110. The number of halogens is 2. The van der Waals surface area contributed by atoms with E-state index in [1.807, 2.05) is 36.4 Å². The molecule has 0 spiro atoms. The lowest BCUT2D eigenvalue weighted by Crippen LogP contribution is -2.27. The Morgan fingerprint density at radius 2 is 2.18 bits per heavy atom. The molecule has 0 radical (unpaired) electrons. The predicted molar refractivity (Wildman–Crippen MR) is 75.5 cm³/mol. The van der Waals surface area contributed by atoms with Crippen molar-refractivity contribution >= 4 is 34.2 Å². The summed E-state index contributed by atoms with van der Waals surface area (Å²) in [6.07, 6.45) is 0.380. The Morgan fingerprint density at radius 1 is 1.47 bits per heavy atom. The summed E-state index contributed by atoms with van der Waals surface area (Å²) in [5.41, 5.74) is 0.528. The molecule has 17 heavy (non-hydrogen) atoms. The Hall–Kier alpha value is -0.690. The Labute approximate surface area is 114 Å². The van der Waals surface area contributed by atoms with E-state index in [0.29, 0.717) is 28.3 Å². The van der Waals surface area contributed by atoms with Gasteiger partial charge in [0.1, 0.15) is 5.82 Å². The molecule has 5 heteroatoms. The molecule has 0 aromatic heterocycles. The maximum Gasteiger partial charge on any atom is 0.225 e. The van der Waals surface area contributed by atoms with Crippen LogP contribution >= 0.6 is 22.6 Å². The van der Waals surface area contributed by atoms with Gasteiger partial charge in [0.2, 0.25) is 5.91 Å². The number of anilines is 1. The SMILES string of the molecule is CC(C)NCCC(=O)Nc1cccc(F)c1I. The van der Waals surface area contributed by atoms with Crippen molar-refractivity contribution in [2.75, 3.05) is 11.9 Å². The molecule has 2 N–H and O–H groups in total. The molecule has 1 aromatic carbocycles. The number of carbonyl (C=O) groups is 1. The largest absolute Gasteiger partial charge is 0.325 e. The maximum absolute atomic E-state index is 13.2. The highest BCUT2D eigenvalue weighted by Gasteiger charge is 2.08. The molecule has 0 atom stereocenters. The van der Waals surface area contributed by atoms with E-state index in [9.17, 15) is 9.18 Å². The van der Waals surface area contributed by atoms with Crippen LogP contribution in [-0.4, -0.2) is 18.5 Å². The lowest BCUT2D eigenvalue weighted by atomic mass is 10.3. The monoisotopic (exact) mass is 350 g/mol. The fourth-order valence-corrected chi connectivity index (χ4v) is 1.78.